The van der Waals surface area contributed by atoms with Gasteiger partial charge in [0.25, 0.3) is 0 Å². The highest BCUT2D eigenvalue weighted by atomic mass is 79.9. The zero-order valence-electron chi connectivity index (χ0n) is 9.86. The molecule has 1 unspecified atom stereocenters. The zero-order valence-corrected chi connectivity index (χ0v) is 13.8. The zero-order chi connectivity index (χ0) is 13.0. The summed E-state index contributed by atoms with van der Waals surface area (Å²) in [6.07, 6.45) is 4.66. The van der Waals surface area contributed by atoms with Crippen molar-refractivity contribution in [3.63, 3.8) is 0 Å². The van der Waals surface area contributed by atoms with Crippen LogP contribution in [0.25, 0.3) is 0 Å². The molecule has 1 N–H and O–H groups in total. The van der Waals surface area contributed by atoms with Gasteiger partial charge in [-0.25, -0.2) is 0 Å². The Labute approximate surface area is 127 Å². The molecule has 0 aliphatic carbocycles. The highest BCUT2D eigenvalue weighted by molar-refractivity contribution is 9.11. The Kier molecular flexibility index (Phi) is 5.29. The Morgan fingerprint density at radius 1 is 1.39 bits per heavy atom. The van der Waals surface area contributed by atoms with E-state index >= 15 is 0 Å². The predicted molar refractivity (Wildman–Crippen MR) is 81.9 cm³/mol. The molecule has 0 saturated heterocycles. The smallest absolute Gasteiger partial charge is 0.0794 e. The van der Waals surface area contributed by atoms with Gasteiger partial charge >= 0.3 is 0 Å². The Bertz CT molecular complexity index is 502. The van der Waals surface area contributed by atoms with Crippen molar-refractivity contribution in [2.24, 2.45) is 0 Å². The van der Waals surface area contributed by atoms with E-state index in [1.54, 1.807) is 11.3 Å². The van der Waals surface area contributed by atoms with Gasteiger partial charge in [-0.05, 0) is 44.5 Å². The molecule has 0 amide bonds. The van der Waals surface area contributed by atoms with Crippen molar-refractivity contribution in [1.29, 1.82) is 0 Å². The van der Waals surface area contributed by atoms with Crippen molar-refractivity contribution < 1.29 is 0 Å². The highest BCUT2D eigenvalue weighted by Gasteiger charge is 2.16. The molecular weight excluding hydrogens is 378 g/mol. The van der Waals surface area contributed by atoms with E-state index in [1.165, 1.54) is 4.88 Å². The molecule has 0 bridgehead atoms. The number of likely N-dealkylation sites (N-methyl/N-ethyl adjacent to an activating group) is 1. The highest BCUT2D eigenvalue weighted by Crippen LogP contribution is 2.27. The van der Waals surface area contributed by atoms with Crippen LogP contribution in [0.1, 0.15) is 23.5 Å². The van der Waals surface area contributed by atoms with Gasteiger partial charge in [-0.3, -0.25) is 9.97 Å². The van der Waals surface area contributed by atoms with Crippen molar-refractivity contribution in [3.05, 3.63) is 43.5 Å². The van der Waals surface area contributed by atoms with E-state index in [-0.39, 0.29) is 6.04 Å². The number of nitrogens with one attached hydrogen (secondary N) is 1. The van der Waals surface area contributed by atoms with E-state index in [9.17, 15) is 0 Å². The summed E-state index contributed by atoms with van der Waals surface area (Å²) in [6.45, 7) is 3.01. The fourth-order valence-corrected chi connectivity index (χ4v) is 3.64. The lowest BCUT2D eigenvalue weighted by molar-refractivity contribution is 0.537. The third-order valence-corrected chi connectivity index (χ3v) is 4.38. The van der Waals surface area contributed by atoms with Gasteiger partial charge in [0.05, 0.1) is 17.2 Å². The molecule has 0 saturated carbocycles. The number of pyridine rings is 1. The molecular formula is C12H13Br2N3S. The van der Waals surface area contributed by atoms with Crippen LogP contribution in [-0.2, 0) is 6.42 Å². The quantitative estimate of drug-likeness (QED) is 0.839. The summed E-state index contributed by atoms with van der Waals surface area (Å²) in [4.78, 5) is 9.88. The van der Waals surface area contributed by atoms with Gasteiger partial charge in [-0.2, -0.15) is 0 Å². The maximum atomic E-state index is 4.51. The third kappa shape index (κ3) is 3.60. The average Bonchev–Trinajstić information content (AvgIpc) is 2.81. The molecule has 0 fully saturated rings. The summed E-state index contributed by atoms with van der Waals surface area (Å²) >= 11 is 8.68. The molecule has 1 atom stereocenters. The molecule has 0 aliphatic rings. The second-order valence-electron chi connectivity index (χ2n) is 3.80. The molecule has 6 heteroatoms. The molecule has 2 aromatic rings. The first-order valence-corrected chi connectivity index (χ1v) is 8.09. The van der Waals surface area contributed by atoms with Gasteiger partial charge in [0, 0.05) is 32.6 Å². The van der Waals surface area contributed by atoms with Crippen LogP contribution in [0.5, 0.6) is 0 Å². The lowest BCUT2D eigenvalue weighted by Gasteiger charge is -2.18. The van der Waals surface area contributed by atoms with Crippen molar-refractivity contribution in [2.75, 3.05) is 6.54 Å². The summed E-state index contributed by atoms with van der Waals surface area (Å²) in [7, 11) is 0. The first-order chi connectivity index (χ1) is 8.70. The van der Waals surface area contributed by atoms with Gasteiger partial charge < -0.3 is 5.32 Å². The van der Waals surface area contributed by atoms with Crippen LogP contribution >= 0.6 is 43.2 Å². The van der Waals surface area contributed by atoms with Crippen molar-refractivity contribution in [1.82, 2.24) is 15.3 Å². The topological polar surface area (TPSA) is 37.8 Å². The van der Waals surface area contributed by atoms with Crippen LogP contribution in [0, 0.1) is 0 Å². The van der Waals surface area contributed by atoms with E-state index in [0.717, 1.165) is 27.6 Å². The summed E-state index contributed by atoms with van der Waals surface area (Å²) in [5, 5.41) is 3.47. The van der Waals surface area contributed by atoms with Gasteiger partial charge in [0.2, 0.25) is 0 Å². The van der Waals surface area contributed by atoms with E-state index in [0.29, 0.717) is 0 Å². The largest absolute Gasteiger partial charge is 0.309 e. The Hall–Kier alpha value is -0.300. The maximum absolute atomic E-state index is 4.51. The molecule has 96 valence electrons. The first kappa shape index (κ1) is 14.1. The van der Waals surface area contributed by atoms with Crippen molar-refractivity contribution >= 4 is 43.2 Å². The normalized spacial score (nSPS) is 12.6. The average molecular weight is 391 g/mol. The molecule has 2 heterocycles. The number of aromatic nitrogens is 2. The second kappa shape index (κ2) is 6.75. The van der Waals surface area contributed by atoms with Crippen LogP contribution in [0.2, 0.25) is 0 Å². The van der Waals surface area contributed by atoms with Crippen molar-refractivity contribution in [2.45, 2.75) is 19.4 Å². The van der Waals surface area contributed by atoms with E-state index < -0.39 is 0 Å². The Morgan fingerprint density at radius 3 is 2.83 bits per heavy atom. The van der Waals surface area contributed by atoms with Gasteiger partial charge in [0.15, 0.2) is 0 Å². The van der Waals surface area contributed by atoms with Crippen LogP contribution in [0.4, 0.5) is 0 Å². The lowest BCUT2D eigenvalue weighted by Crippen LogP contribution is -2.24. The summed E-state index contributed by atoms with van der Waals surface area (Å²) in [6, 6.07) is 2.23. The second-order valence-corrected chi connectivity index (χ2v) is 6.54. The van der Waals surface area contributed by atoms with Crippen LogP contribution in [0.15, 0.2) is 32.9 Å². The van der Waals surface area contributed by atoms with Gasteiger partial charge in [0.1, 0.15) is 0 Å². The molecule has 0 spiro atoms. The number of halogens is 2. The standard InChI is InChI=1S/C12H13Br2N3S/c1-2-16-11(4-9-6-15-7-18-9)12-10(14)3-8(13)5-17-12/h3,5-7,11,16H,2,4H2,1H3. The summed E-state index contributed by atoms with van der Waals surface area (Å²) in [5.74, 6) is 0. The molecule has 18 heavy (non-hydrogen) atoms. The Morgan fingerprint density at radius 2 is 2.22 bits per heavy atom. The third-order valence-electron chi connectivity index (χ3n) is 2.51. The fraction of sp³-hybridized carbons (Fsp3) is 0.333. The number of thiazole rings is 1. The summed E-state index contributed by atoms with van der Waals surface area (Å²) < 4.78 is 2.00. The minimum Gasteiger partial charge on any atom is -0.309 e. The fourth-order valence-electron chi connectivity index (χ4n) is 1.74. The van der Waals surface area contributed by atoms with Gasteiger partial charge in [-0.1, -0.05) is 6.92 Å². The minimum atomic E-state index is 0.206. The van der Waals surface area contributed by atoms with Crippen LogP contribution in [-0.4, -0.2) is 16.5 Å². The minimum absolute atomic E-state index is 0.206. The Balaban J connectivity index is 2.23. The molecule has 2 aromatic heterocycles. The molecule has 0 aliphatic heterocycles. The number of hydrogen-bond donors (Lipinski definition) is 1. The monoisotopic (exact) mass is 389 g/mol. The maximum Gasteiger partial charge on any atom is 0.0794 e. The van der Waals surface area contributed by atoms with E-state index in [4.69, 9.17) is 0 Å². The number of rotatable bonds is 5. The number of nitrogens with zero attached hydrogens (tertiary/aromatic N) is 2. The molecule has 3 nitrogen and oxygen atoms in total. The molecule has 2 rings (SSSR count). The van der Waals surface area contributed by atoms with Crippen LogP contribution < -0.4 is 5.32 Å². The molecule has 0 radical (unpaired) electrons. The number of hydrogen-bond acceptors (Lipinski definition) is 4. The summed E-state index contributed by atoms with van der Waals surface area (Å²) in [5.41, 5.74) is 2.90. The van der Waals surface area contributed by atoms with E-state index in [2.05, 4.69) is 54.1 Å². The SMILES string of the molecule is CCNC(Cc1cncs1)c1ncc(Br)cc1Br. The van der Waals surface area contributed by atoms with E-state index in [1.807, 2.05) is 24.0 Å². The van der Waals surface area contributed by atoms with Crippen LogP contribution in [0.3, 0.4) is 0 Å². The van der Waals surface area contributed by atoms with Crippen molar-refractivity contribution in [3.8, 4) is 0 Å². The lowest BCUT2D eigenvalue weighted by atomic mass is 10.1. The predicted octanol–water partition coefficient (Wildman–Crippen LogP) is 3.96. The first-order valence-electron chi connectivity index (χ1n) is 5.62. The van der Waals surface area contributed by atoms with Gasteiger partial charge in [-0.15, -0.1) is 11.3 Å². The molecule has 0 aromatic carbocycles.